The lowest BCUT2D eigenvalue weighted by atomic mass is 10.1. The van der Waals surface area contributed by atoms with Gasteiger partial charge in [0.2, 0.25) is 0 Å². The van der Waals surface area contributed by atoms with E-state index in [0.29, 0.717) is 5.92 Å². The molecule has 0 saturated heterocycles. The lowest BCUT2D eigenvalue weighted by molar-refractivity contribution is 0.0458. The van der Waals surface area contributed by atoms with E-state index in [1.807, 2.05) is 12.1 Å². The molecule has 1 aromatic carbocycles. The topological polar surface area (TPSA) is 30.5 Å². The molecule has 0 amide bonds. The fourth-order valence-electron chi connectivity index (χ4n) is 1.97. The third kappa shape index (κ3) is 6.40. The summed E-state index contributed by atoms with van der Waals surface area (Å²) < 4.78 is 11.4. The van der Waals surface area contributed by atoms with Crippen LogP contribution in [0.1, 0.15) is 45.3 Å². The molecule has 0 aliphatic rings. The molecule has 1 aromatic rings. The van der Waals surface area contributed by atoms with Crippen molar-refractivity contribution in [3.8, 4) is 5.75 Å². The molecule has 0 heterocycles. The first-order valence-corrected chi connectivity index (χ1v) is 7.63. The van der Waals surface area contributed by atoms with E-state index in [-0.39, 0.29) is 6.10 Å². The number of rotatable bonds is 10. The van der Waals surface area contributed by atoms with Crippen molar-refractivity contribution in [1.29, 1.82) is 0 Å². The summed E-state index contributed by atoms with van der Waals surface area (Å²) in [6.45, 7) is 9.28. The first-order valence-electron chi connectivity index (χ1n) is 7.63. The second-order valence-electron chi connectivity index (χ2n) is 5.52. The van der Waals surface area contributed by atoms with Crippen LogP contribution in [0.4, 0.5) is 0 Å². The van der Waals surface area contributed by atoms with E-state index in [1.165, 1.54) is 5.56 Å². The van der Waals surface area contributed by atoms with Crippen molar-refractivity contribution < 1.29 is 9.47 Å². The fraction of sp³-hybridized carbons (Fsp3) is 0.647. The highest BCUT2D eigenvalue weighted by Crippen LogP contribution is 2.22. The number of benzene rings is 1. The lowest BCUT2D eigenvalue weighted by Crippen LogP contribution is -2.24. The Hall–Kier alpha value is -1.06. The van der Waals surface area contributed by atoms with Gasteiger partial charge >= 0.3 is 0 Å². The van der Waals surface area contributed by atoms with E-state index in [0.717, 1.165) is 38.3 Å². The normalized spacial score (nSPS) is 12.7. The van der Waals surface area contributed by atoms with Gasteiger partial charge in [0.15, 0.2) is 0 Å². The average molecular weight is 279 g/mol. The first-order chi connectivity index (χ1) is 9.67. The Morgan fingerprint density at radius 2 is 2.05 bits per heavy atom. The van der Waals surface area contributed by atoms with Crippen LogP contribution >= 0.6 is 0 Å². The first kappa shape index (κ1) is 17.0. The number of ether oxygens (including phenoxy) is 2. The fourth-order valence-corrected chi connectivity index (χ4v) is 1.97. The van der Waals surface area contributed by atoms with Crippen molar-refractivity contribution >= 4 is 0 Å². The zero-order valence-corrected chi connectivity index (χ0v) is 13.3. The molecule has 20 heavy (non-hydrogen) atoms. The Morgan fingerprint density at radius 3 is 2.70 bits per heavy atom. The molecule has 3 nitrogen and oxygen atoms in total. The van der Waals surface area contributed by atoms with Gasteiger partial charge in [0.1, 0.15) is 5.75 Å². The Morgan fingerprint density at radius 1 is 1.25 bits per heavy atom. The van der Waals surface area contributed by atoms with Crippen LogP contribution in [0.25, 0.3) is 0 Å². The van der Waals surface area contributed by atoms with E-state index in [2.05, 4.69) is 38.2 Å². The monoisotopic (exact) mass is 279 g/mol. The predicted molar refractivity (Wildman–Crippen MR) is 84.3 cm³/mol. The summed E-state index contributed by atoms with van der Waals surface area (Å²) in [6.07, 6.45) is 2.32. The summed E-state index contributed by atoms with van der Waals surface area (Å²) in [6, 6.07) is 8.16. The largest absolute Gasteiger partial charge is 0.497 e. The standard InChI is InChI=1S/C17H29NO2/c1-5-10-18-13-17(20-11-9-14(2)3)15-7-6-8-16(12-15)19-4/h6-8,12,14,17-18H,5,9-11,13H2,1-4H3. The molecule has 3 heteroatoms. The van der Waals surface area contributed by atoms with E-state index < -0.39 is 0 Å². The summed E-state index contributed by atoms with van der Waals surface area (Å²) in [5.74, 6) is 1.56. The Balaban J connectivity index is 2.63. The summed E-state index contributed by atoms with van der Waals surface area (Å²) in [5, 5.41) is 3.44. The molecule has 0 aliphatic heterocycles. The van der Waals surface area contributed by atoms with Crippen LogP contribution < -0.4 is 10.1 Å². The predicted octanol–water partition coefficient (Wildman–Crippen LogP) is 3.80. The van der Waals surface area contributed by atoms with Crippen molar-refractivity contribution in [2.24, 2.45) is 5.92 Å². The van der Waals surface area contributed by atoms with Crippen LogP contribution in [0.3, 0.4) is 0 Å². The van der Waals surface area contributed by atoms with Gasteiger partial charge in [-0.15, -0.1) is 0 Å². The second kappa shape index (κ2) is 9.78. The van der Waals surface area contributed by atoms with Crippen molar-refractivity contribution in [2.75, 3.05) is 26.8 Å². The molecule has 1 rings (SSSR count). The van der Waals surface area contributed by atoms with Crippen molar-refractivity contribution in [1.82, 2.24) is 5.32 Å². The van der Waals surface area contributed by atoms with E-state index in [9.17, 15) is 0 Å². The summed E-state index contributed by atoms with van der Waals surface area (Å²) in [4.78, 5) is 0. The third-order valence-corrected chi connectivity index (χ3v) is 3.24. The maximum atomic E-state index is 6.07. The minimum Gasteiger partial charge on any atom is -0.497 e. The van der Waals surface area contributed by atoms with Crippen LogP contribution in [0.2, 0.25) is 0 Å². The number of nitrogens with one attached hydrogen (secondary N) is 1. The molecule has 0 saturated carbocycles. The highest BCUT2D eigenvalue weighted by atomic mass is 16.5. The van der Waals surface area contributed by atoms with Crippen LogP contribution in [-0.4, -0.2) is 26.8 Å². The van der Waals surface area contributed by atoms with Gasteiger partial charge < -0.3 is 14.8 Å². The van der Waals surface area contributed by atoms with Crippen LogP contribution in [-0.2, 0) is 4.74 Å². The number of hydrogen-bond donors (Lipinski definition) is 1. The SMILES string of the molecule is CCCNCC(OCCC(C)C)c1cccc(OC)c1. The highest BCUT2D eigenvalue weighted by Gasteiger charge is 2.12. The molecule has 0 spiro atoms. The zero-order chi connectivity index (χ0) is 14.8. The van der Waals surface area contributed by atoms with Crippen LogP contribution in [0.5, 0.6) is 5.75 Å². The molecule has 0 bridgehead atoms. The molecule has 0 fully saturated rings. The van der Waals surface area contributed by atoms with Crippen LogP contribution in [0, 0.1) is 5.92 Å². The maximum absolute atomic E-state index is 6.07. The summed E-state index contributed by atoms with van der Waals surface area (Å²) >= 11 is 0. The molecular formula is C17H29NO2. The molecule has 1 unspecified atom stereocenters. The molecular weight excluding hydrogens is 250 g/mol. The highest BCUT2D eigenvalue weighted by molar-refractivity contribution is 5.30. The molecule has 1 N–H and O–H groups in total. The summed E-state index contributed by atoms with van der Waals surface area (Å²) in [5.41, 5.74) is 1.18. The Kier molecular flexibility index (Phi) is 8.31. The average Bonchev–Trinajstić information content (AvgIpc) is 2.45. The molecule has 0 radical (unpaired) electrons. The van der Waals surface area contributed by atoms with Gasteiger partial charge in [0, 0.05) is 13.2 Å². The van der Waals surface area contributed by atoms with E-state index in [1.54, 1.807) is 7.11 Å². The molecule has 0 aromatic heterocycles. The van der Waals surface area contributed by atoms with Crippen molar-refractivity contribution in [3.05, 3.63) is 29.8 Å². The second-order valence-corrected chi connectivity index (χ2v) is 5.52. The van der Waals surface area contributed by atoms with Gasteiger partial charge in [-0.2, -0.15) is 0 Å². The van der Waals surface area contributed by atoms with Gasteiger partial charge in [-0.3, -0.25) is 0 Å². The Bertz CT molecular complexity index is 366. The smallest absolute Gasteiger partial charge is 0.119 e. The minimum absolute atomic E-state index is 0.0930. The number of methoxy groups -OCH3 is 1. The minimum atomic E-state index is 0.0930. The van der Waals surface area contributed by atoms with Gasteiger partial charge in [-0.1, -0.05) is 32.9 Å². The van der Waals surface area contributed by atoms with Gasteiger partial charge in [0.05, 0.1) is 13.2 Å². The number of hydrogen-bond acceptors (Lipinski definition) is 3. The lowest BCUT2D eigenvalue weighted by Gasteiger charge is -2.20. The van der Waals surface area contributed by atoms with E-state index in [4.69, 9.17) is 9.47 Å². The maximum Gasteiger partial charge on any atom is 0.119 e. The summed E-state index contributed by atoms with van der Waals surface area (Å²) in [7, 11) is 1.70. The molecule has 114 valence electrons. The van der Waals surface area contributed by atoms with E-state index >= 15 is 0 Å². The van der Waals surface area contributed by atoms with Gasteiger partial charge in [-0.25, -0.2) is 0 Å². The molecule has 0 aliphatic carbocycles. The van der Waals surface area contributed by atoms with Crippen molar-refractivity contribution in [3.63, 3.8) is 0 Å². The van der Waals surface area contributed by atoms with Crippen molar-refractivity contribution in [2.45, 2.75) is 39.7 Å². The van der Waals surface area contributed by atoms with Gasteiger partial charge in [0.25, 0.3) is 0 Å². The van der Waals surface area contributed by atoms with Gasteiger partial charge in [-0.05, 0) is 43.0 Å². The molecule has 1 atom stereocenters. The quantitative estimate of drug-likeness (QED) is 0.661. The van der Waals surface area contributed by atoms with Crippen LogP contribution in [0.15, 0.2) is 24.3 Å². The Labute approximate surface area is 123 Å². The third-order valence-electron chi connectivity index (χ3n) is 3.24. The zero-order valence-electron chi connectivity index (χ0n) is 13.3.